The van der Waals surface area contributed by atoms with E-state index < -0.39 is 0 Å². The summed E-state index contributed by atoms with van der Waals surface area (Å²) in [5.74, 6) is 0.112. The Morgan fingerprint density at radius 3 is 3.00 bits per heavy atom. The maximum Gasteiger partial charge on any atom is 0.0949 e. The monoisotopic (exact) mass is 213 g/mol. The van der Waals surface area contributed by atoms with Gasteiger partial charge in [-0.25, -0.2) is 0 Å². The van der Waals surface area contributed by atoms with E-state index >= 15 is 0 Å². The van der Waals surface area contributed by atoms with Crippen LogP contribution in [0.5, 0.6) is 0 Å². The molecule has 0 bridgehead atoms. The van der Waals surface area contributed by atoms with E-state index in [0.29, 0.717) is 0 Å². The molecular formula is C12H11N3O. The predicted octanol–water partition coefficient (Wildman–Crippen LogP) is 1.93. The lowest BCUT2D eigenvalue weighted by Gasteiger charge is -2.06. The van der Waals surface area contributed by atoms with E-state index in [0.717, 1.165) is 23.3 Å². The normalized spacial score (nSPS) is 21.2. The van der Waals surface area contributed by atoms with Gasteiger partial charge >= 0.3 is 0 Å². The first-order valence-corrected chi connectivity index (χ1v) is 5.19. The van der Waals surface area contributed by atoms with Crippen molar-refractivity contribution in [1.82, 2.24) is 10.2 Å². The van der Waals surface area contributed by atoms with Crippen LogP contribution in [0.15, 0.2) is 41.8 Å². The van der Waals surface area contributed by atoms with Crippen molar-refractivity contribution < 1.29 is 5.21 Å². The average molecular weight is 213 g/mol. The average Bonchev–Trinajstić information content (AvgIpc) is 2.95. The van der Waals surface area contributed by atoms with Gasteiger partial charge in [-0.1, -0.05) is 29.4 Å². The number of aromatic amines is 1. The molecule has 4 nitrogen and oxygen atoms in total. The van der Waals surface area contributed by atoms with Crippen molar-refractivity contribution in [2.75, 3.05) is 0 Å². The summed E-state index contributed by atoms with van der Waals surface area (Å²) in [6.07, 6.45) is 4.50. The second-order valence-corrected chi connectivity index (χ2v) is 3.93. The highest BCUT2D eigenvalue weighted by Gasteiger charge is 2.30. The van der Waals surface area contributed by atoms with Gasteiger partial charge in [0.25, 0.3) is 0 Å². The molecule has 0 spiro atoms. The van der Waals surface area contributed by atoms with Gasteiger partial charge in [0.1, 0.15) is 0 Å². The minimum Gasteiger partial charge on any atom is -0.411 e. The Labute approximate surface area is 92.6 Å². The number of aromatic nitrogens is 2. The third-order valence-corrected chi connectivity index (χ3v) is 3.08. The molecule has 1 unspecified atom stereocenters. The van der Waals surface area contributed by atoms with E-state index in [4.69, 9.17) is 5.21 Å². The number of rotatable bonds is 1. The van der Waals surface area contributed by atoms with Crippen LogP contribution in [0.4, 0.5) is 0 Å². The number of oxime groups is 1. The number of fused-ring (bicyclic) bond motifs is 1. The third-order valence-electron chi connectivity index (χ3n) is 3.08. The van der Waals surface area contributed by atoms with Crippen LogP contribution in [-0.2, 0) is 6.42 Å². The Kier molecular flexibility index (Phi) is 1.99. The summed E-state index contributed by atoms with van der Waals surface area (Å²) in [5, 5.41) is 19.3. The molecule has 80 valence electrons. The Bertz CT molecular complexity index is 531. The Balaban J connectivity index is 2.09. The van der Waals surface area contributed by atoms with Gasteiger partial charge in [-0.3, -0.25) is 5.10 Å². The fourth-order valence-corrected chi connectivity index (χ4v) is 2.30. The van der Waals surface area contributed by atoms with Crippen LogP contribution in [0.25, 0.3) is 0 Å². The largest absolute Gasteiger partial charge is 0.411 e. The molecule has 1 aliphatic rings. The quantitative estimate of drug-likeness (QED) is 0.561. The number of H-pyrrole nitrogens is 1. The Hall–Kier alpha value is -2.10. The second-order valence-electron chi connectivity index (χ2n) is 3.93. The molecule has 2 N–H and O–H groups in total. The summed E-state index contributed by atoms with van der Waals surface area (Å²) in [6.45, 7) is 0. The molecule has 4 heteroatoms. The van der Waals surface area contributed by atoms with Crippen molar-refractivity contribution in [3.63, 3.8) is 0 Å². The van der Waals surface area contributed by atoms with Crippen molar-refractivity contribution in [2.45, 2.75) is 12.3 Å². The zero-order valence-corrected chi connectivity index (χ0v) is 8.59. The summed E-state index contributed by atoms with van der Waals surface area (Å²) in [6, 6.07) is 8.03. The Morgan fingerprint density at radius 2 is 2.25 bits per heavy atom. The lowest BCUT2D eigenvalue weighted by atomic mass is 9.98. The lowest BCUT2D eigenvalue weighted by molar-refractivity contribution is 0.317. The zero-order chi connectivity index (χ0) is 11.0. The SMILES string of the molecule is ON=C1c2ccccc2CC1c1cn[nH]c1. The molecule has 0 aliphatic heterocycles. The van der Waals surface area contributed by atoms with E-state index in [2.05, 4.69) is 21.4 Å². The van der Waals surface area contributed by atoms with Crippen LogP contribution in [-0.4, -0.2) is 21.1 Å². The summed E-state index contributed by atoms with van der Waals surface area (Å²) < 4.78 is 0. The van der Waals surface area contributed by atoms with E-state index in [1.54, 1.807) is 6.20 Å². The van der Waals surface area contributed by atoms with Crippen molar-refractivity contribution in [3.05, 3.63) is 53.3 Å². The van der Waals surface area contributed by atoms with Gasteiger partial charge in [0.15, 0.2) is 0 Å². The molecule has 0 radical (unpaired) electrons. The number of hydrogen-bond donors (Lipinski definition) is 2. The molecule has 2 aromatic rings. The number of nitrogens with zero attached hydrogens (tertiary/aromatic N) is 2. The first-order valence-electron chi connectivity index (χ1n) is 5.19. The third kappa shape index (κ3) is 1.23. The molecule has 1 heterocycles. The fourth-order valence-electron chi connectivity index (χ4n) is 2.30. The van der Waals surface area contributed by atoms with Crippen LogP contribution in [0.3, 0.4) is 0 Å². The first kappa shape index (κ1) is 9.15. The minimum absolute atomic E-state index is 0.112. The molecule has 16 heavy (non-hydrogen) atoms. The maximum absolute atomic E-state index is 9.14. The van der Waals surface area contributed by atoms with Crippen LogP contribution < -0.4 is 0 Å². The molecule has 0 amide bonds. The molecule has 0 fully saturated rings. The van der Waals surface area contributed by atoms with Crippen LogP contribution in [0.2, 0.25) is 0 Å². The van der Waals surface area contributed by atoms with Gasteiger partial charge in [0, 0.05) is 17.7 Å². The van der Waals surface area contributed by atoms with Gasteiger partial charge < -0.3 is 5.21 Å². The minimum atomic E-state index is 0.112. The fraction of sp³-hybridized carbons (Fsp3) is 0.167. The van der Waals surface area contributed by atoms with Crippen molar-refractivity contribution in [1.29, 1.82) is 0 Å². The standard InChI is InChI=1S/C12H11N3O/c16-15-12-10-4-2-1-3-8(10)5-11(12)9-6-13-14-7-9/h1-4,6-7,11,16H,5H2,(H,13,14). The molecule has 1 aromatic heterocycles. The van der Waals surface area contributed by atoms with Gasteiger partial charge in [0.05, 0.1) is 11.9 Å². The van der Waals surface area contributed by atoms with E-state index in [-0.39, 0.29) is 5.92 Å². The molecule has 1 aromatic carbocycles. The molecule has 0 saturated carbocycles. The highest BCUT2D eigenvalue weighted by atomic mass is 16.4. The van der Waals surface area contributed by atoms with Gasteiger partial charge in [-0.15, -0.1) is 0 Å². The summed E-state index contributed by atoms with van der Waals surface area (Å²) in [4.78, 5) is 0. The topological polar surface area (TPSA) is 61.3 Å². The van der Waals surface area contributed by atoms with Gasteiger partial charge in [0.2, 0.25) is 0 Å². The Morgan fingerprint density at radius 1 is 1.38 bits per heavy atom. The summed E-state index contributed by atoms with van der Waals surface area (Å²) >= 11 is 0. The van der Waals surface area contributed by atoms with E-state index in [1.807, 2.05) is 24.4 Å². The second kappa shape index (κ2) is 3.48. The van der Waals surface area contributed by atoms with Gasteiger partial charge in [-0.05, 0) is 17.5 Å². The lowest BCUT2D eigenvalue weighted by Crippen LogP contribution is -2.07. The van der Waals surface area contributed by atoms with Gasteiger partial charge in [-0.2, -0.15) is 5.10 Å². The smallest absolute Gasteiger partial charge is 0.0949 e. The molecule has 1 atom stereocenters. The zero-order valence-electron chi connectivity index (χ0n) is 8.59. The molecule has 1 aliphatic carbocycles. The first-order chi connectivity index (χ1) is 7.90. The van der Waals surface area contributed by atoms with E-state index in [1.165, 1.54) is 5.56 Å². The molecule has 3 rings (SSSR count). The number of nitrogens with one attached hydrogen (secondary N) is 1. The predicted molar refractivity (Wildman–Crippen MR) is 59.8 cm³/mol. The van der Waals surface area contributed by atoms with Crippen molar-refractivity contribution in [3.8, 4) is 0 Å². The molecular weight excluding hydrogens is 202 g/mol. The van der Waals surface area contributed by atoms with Crippen LogP contribution in [0.1, 0.15) is 22.6 Å². The van der Waals surface area contributed by atoms with Crippen LogP contribution >= 0.6 is 0 Å². The highest BCUT2D eigenvalue weighted by molar-refractivity contribution is 6.08. The van der Waals surface area contributed by atoms with Crippen molar-refractivity contribution >= 4 is 5.71 Å². The molecule has 0 saturated heterocycles. The maximum atomic E-state index is 9.14. The summed E-state index contributed by atoms with van der Waals surface area (Å²) in [5.41, 5.74) is 4.05. The van der Waals surface area contributed by atoms with Crippen LogP contribution in [0, 0.1) is 0 Å². The number of hydrogen-bond acceptors (Lipinski definition) is 3. The van der Waals surface area contributed by atoms with Crippen molar-refractivity contribution in [2.24, 2.45) is 5.16 Å². The number of benzene rings is 1. The summed E-state index contributed by atoms with van der Waals surface area (Å²) in [7, 11) is 0. The highest BCUT2D eigenvalue weighted by Crippen LogP contribution is 2.33. The van der Waals surface area contributed by atoms with E-state index in [9.17, 15) is 0 Å².